The third kappa shape index (κ3) is 2.70. The molecule has 0 aliphatic carbocycles. The minimum absolute atomic E-state index is 0.00322. The Morgan fingerprint density at radius 2 is 2.00 bits per heavy atom. The van der Waals surface area contributed by atoms with E-state index in [9.17, 15) is 9.59 Å². The van der Waals surface area contributed by atoms with Crippen molar-refractivity contribution >= 4 is 29.1 Å². The van der Waals surface area contributed by atoms with Crippen LogP contribution in [0.3, 0.4) is 0 Å². The number of nitrogens with one attached hydrogen (secondary N) is 1. The zero-order valence-electron chi connectivity index (χ0n) is 12.4. The van der Waals surface area contributed by atoms with Crippen LogP contribution in [0.15, 0.2) is 18.2 Å². The van der Waals surface area contributed by atoms with Gasteiger partial charge in [-0.3, -0.25) is 9.59 Å². The van der Waals surface area contributed by atoms with E-state index in [0.29, 0.717) is 29.3 Å². The second-order valence-electron chi connectivity index (χ2n) is 5.05. The number of carbonyl (C=O) groups is 2. The number of piperazine rings is 1. The smallest absolute Gasteiger partial charge is 0.253 e. The van der Waals surface area contributed by atoms with E-state index in [1.165, 1.54) is 12.0 Å². The number of ether oxygens (including phenoxy) is 1. The van der Waals surface area contributed by atoms with E-state index in [-0.39, 0.29) is 18.4 Å². The average Bonchev–Trinajstić information content (AvgIpc) is 2.49. The molecular formula is C15H19ClN2O3. The Kier molecular flexibility index (Phi) is 4.42. The van der Waals surface area contributed by atoms with Crippen LogP contribution >= 0.6 is 11.6 Å². The first-order valence-electron chi connectivity index (χ1n) is 6.94. The molecule has 114 valence electrons. The summed E-state index contributed by atoms with van der Waals surface area (Å²) in [4.78, 5) is 26.2. The molecule has 0 saturated carbocycles. The molecule has 2 amide bonds. The summed E-state index contributed by atoms with van der Waals surface area (Å²) in [6.45, 7) is 3.79. The molecule has 1 heterocycles. The summed E-state index contributed by atoms with van der Waals surface area (Å²) < 4.78 is 5.10. The van der Waals surface area contributed by atoms with Gasteiger partial charge in [0.1, 0.15) is 17.8 Å². The average molecular weight is 311 g/mol. The number of amides is 2. The Balaban J connectivity index is 2.40. The molecule has 1 aliphatic rings. The third-order valence-corrected chi connectivity index (χ3v) is 4.28. The van der Waals surface area contributed by atoms with Gasteiger partial charge in [-0.2, -0.15) is 0 Å². The maximum absolute atomic E-state index is 12.8. The molecule has 21 heavy (non-hydrogen) atoms. The lowest BCUT2D eigenvalue weighted by molar-refractivity contribution is -0.136. The molecule has 1 aromatic rings. The van der Waals surface area contributed by atoms with Crippen molar-refractivity contribution in [1.82, 2.24) is 5.32 Å². The van der Waals surface area contributed by atoms with Gasteiger partial charge < -0.3 is 15.0 Å². The van der Waals surface area contributed by atoms with E-state index >= 15 is 0 Å². The Morgan fingerprint density at radius 3 is 2.52 bits per heavy atom. The topological polar surface area (TPSA) is 58.6 Å². The molecule has 0 atom stereocenters. The zero-order chi connectivity index (χ0) is 15.6. The van der Waals surface area contributed by atoms with Gasteiger partial charge >= 0.3 is 0 Å². The number of halogens is 1. The largest absolute Gasteiger partial charge is 0.495 e. The first-order valence-corrected chi connectivity index (χ1v) is 7.31. The Bertz CT molecular complexity index is 570. The van der Waals surface area contributed by atoms with Gasteiger partial charge in [0, 0.05) is 5.69 Å². The SMILES string of the molecule is CCC1(CC)NC(=O)CN(c2ccc(OC)c(Cl)c2)C1=O. The molecule has 1 aromatic carbocycles. The van der Waals surface area contributed by atoms with Crippen molar-refractivity contribution in [3.05, 3.63) is 23.2 Å². The van der Waals surface area contributed by atoms with E-state index in [0.717, 1.165) is 0 Å². The van der Waals surface area contributed by atoms with Crippen molar-refractivity contribution in [2.75, 3.05) is 18.6 Å². The molecule has 1 N–H and O–H groups in total. The molecule has 1 aliphatic heterocycles. The van der Waals surface area contributed by atoms with Crippen molar-refractivity contribution in [2.24, 2.45) is 0 Å². The van der Waals surface area contributed by atoms with Gasteiger partial charge in [0.25, 0.3) is 5.91 Å². The monoisotopic (exact) mass is 310 g/mol. The molecule has 5 nitrogen and oxygen atoms in total. The second-order valence-corrected chi connectivity index (χ2v) is 5.45. The fourth-order valence-electron chi connectivity index (χ4n) is 2.59. The molecule has 0 spiro atoms. The van der Waals surface area contributed by atoms with Crippen LogP contribution in [0.2, 0.25) is 5.02 Å². The minimum atomic E-state index is -0.832. The standard InChI is InChI=1S/C15H19ClN2O3/c1-4-15(5-2)14(20)18(9-13(19)17-15)10-6-7-12(21-3)11(16)8-10/h6-8H,4-5,9H2,1-3H3,(H,17,19). The first-order chi connectivity index (χ1) is 9.97. The molecule has 6 heteroatoms. The lowest BCUT2D eigenvalue weighted by Crippen LogP contribution is -2.66. The normalized spacial score (nSPS) is 17.6. The first kappa shape index (κ1) is 15.6. The van der Waals surface area contributed by atoms with Gasteiger partial charge in [0.05, 0.1) is 12.1 Å². The second kappa shape index (κ2) is 5.93. The van der Waals surface area contributed by atoms with Crippen molar-refractivity contribution in [3.63, 3.8) is 0 Å². The zero-order valence-corrected chi connectivity index (χ0v) is 13.2. The molecule has 1 saturated heterocycles. The lowest BCUT2D eigenvalue weighted by Gasteiger charge is -2.41. The number of hydrogen-bond donors (Lipinski definition) is 1. The van der Waals surface area contributed by atoms with Crippen molar-refractivity contribution in [1.29, 1.82) is 0 Å². The van der Waals surface area contributed by atoms with Crippen LogP contribution in [0, 0.1) is 0 Å². The summed E-state index contributed by atoms with van der Waals surface area (Å²) in [5.41, 5.74) is -0.228. The van der Waals surface area contributed by atoms with E-state index in [2.05, 4.69) is 5.32 Å². The van der Waals surface area contributed by atoms with Crippen LogP contribution in [-0.2, 0) is 9.59 Å². The van der Waals surface area contributed by atoms with Gasteiger partial charge in [0.2, 0.25) is 5.91 Å². The molecule has 0 radical (unpaired) electrons. The summed E-state index contributed by atoms with van der Waals surface area (Å²) >= 11 is 6.11. The fourth-order valence-corrected chi connectivity index (χ4v) is 2.85. The Hall–Kier alpha value is -1.75. The van der Waals surface area contributed by atoms with Gasteiger partial charge in [-0.1, -0.05) is 25.4 Å². The Labute approximate surface area is 129 Å². The van der Waals surface area contributed by atoms with Gasteiger partial charge in [0.15, 0.2) is 0 Å². The minimum Gasteiger partial charge on any atom is -0.495 e. The lowest BCUT2D eigenvalue weighted by atomic mass is 9.88. The predicted octanol–water partition coefficient (Wildman–Crippen LogP) is 2.37. The van der Waals surface area contributed by atoms with E-state index in [1.807, 2.05) is 13.8 Å². The van der Waals surface area contributed by atoms with Crippen LogP contribution in [0.1, 0.15) is 26.7 Å². The summed E-state index contributed by atoms with van der Waals surface area (Å²) in [6, 6.07) is 5.07. The molecule has 0 unspecified atom stereocenters. The summed E-state index contributed by atoms with van der Waals surface area (Å²) in [5.74, 6) is 0.269. The number of carbonyl (C=O) groups excluding carboxylic acids is 2. The molecule has 1 fully saturated rings. The summed E-state index contributed by atoms with van der Waals surface area (Å²) in [6.07, 6.45) is 1.10. The number of hydrogen-bond acceptors (Lipinski definition) is 3. The highest BCUT2D eigenvalue weighted by Crippen LogP contribution is 2.32. The van der Waals surface area contributed by atoms with Crippen molar-refractivity contribution in [3.8, 4) is 5.75 Å². The Morgan fingerprint density at radius 1 is 1.33 bits per heavy atom. The van der Waals surface area contributed by atoms with Crippen LogP contribution in [-0.4, -0.2) is 31.0 Å². The number of nitrogens with zero attached hydrogens (tertiary/aromatic N) is 1. The highest BCUT2D eigenvalue weighted by Gasteiger charge is 2.44. The molecule has 0 aromatic heterocycles. The van der Waals surface area contributed by atoms with Crippen molar-refractivity contribution in [2.45, 2.75) is 32.2 Å². The highest BCUT2D eigenvalue weighted by atomic mass is 35.5. The van der Waals surface area contributed by atoms with Gasteiger partial charge in [-0.15, -0.1) is 0 Å². The van der Waals surface area contributed by atoms with Gasteiger partial charge in [-0.25, -0.2) is 0 Å². The number of rotatable bonds is 4. The quantitative estimate of drug-likeness (QED) is 0.929. The highest BCUT2D eigenvalue weighted by molar-refractivity contribution is 6.32. The molecule has 2 rings (SSSR count). The van der Waals surface area contributed by atoms with E-state index in [1.54, 1.807) is 18.2 Å². The van der Waals surface area contributed by atoms with E-state index in [4.69, 9.17) is 16.3 Å². The van der Waals surface area contributed by atoms with Gasteiger partial charge in [-0.05, 0) is 31.0 Å². The molecular weight excluding hydrogens is 292 g/mol. The fraction of sp³-hybridized carbons (Fsp3) is 0.467. The number of methoxy groups -OCH3 is 1. The predicted molar refractivity (Wildman–Crippen MR) is 81.8 cm³/mol. The van der Waals surface area contributed by atoms with Crippen LogP contribution < -0.4 is 15.0 Å². The number of anilines is 1. The maximum Gasteiger partial charge on any atom is 0.253 e. The van der Waals surface area contributed by atoms with Crippen LogP contribution in [0.5, 0.6) is 5.75 Å². The number of benzene rings is 1. The van der Waals surface area contributed by atoms with Crippen molar-refractivity contribution < 1.29 is 14.3 Å². The third-order valence-electron chi connectivity index (χ3n) is 3.99. The van der Waals surface area contributed by atoms with Crippen LogP contribution in [0.4, 0.5) is 5.69 Å². The van der Waals surface area contributed by atoms with Crippen LogP contribution in [0.25, 0.3) is 0 Å². The maximum atomic E-state index is 12.8. The summed E-state index contributed by atoms with van der Waals surface area (Å²) in [5, 5.41) is 3.24. The summed E-state index contributed by atoms with van der Waals surface area (Å²) in [7, 11) is 1.53. The van der Waals surface area contributed by atoms with E-state index < -0.39 is 5.54 Å². The molecule has 0 bridgehead atoms.